The van der Waals surface area contributed by atoms with E-state index in [1.165, 1.54) is 36.8 Å². The lowest BCUT2D eigenvalue weighted by atomic mass is 9.84. The fourth-order valence-corrected chi connectivity index (χ4v) is 4.49. The van der Waals surface area contributed by atoms with Gasteiger partial charge in [-0.1, -0.05) is 67.4 Å². The number of hydrogen-bond donors (Lipinski definition) is 1. The molecule has 1 aliphatic carbocycles. The molecule has 0 amide bonds. The Balaban J connectivity index is 1.53. The van der Waals surface area contributed by atoms with Crippen LogP contribution in [0.1, 0.15) is 44.1 Å². The summed E-state index contributed by atoms with van der Waals surface area (Å²) in [6, 6.07) is 19.7. The zero-order chi connectivity index (χ0) is 16.4. The van der Waals surface area contributed by atoms with Crippen molar-refractivity contribution in [2.75, 3.05) is 13.1 Å². The highest BCUT2D eigenvalue weighted by Gasteiger charge is 2.37. The molecule has 0 radical (unpaired) electrons. The highest BCUT2D eigenvalue weighted by Crippen LogP contribution is 2.36. The van der Waals surface area contributed by atoms with E-state index in [4.69, 9.17) is 0 Å². The number of benzene rings is 2. The molecule has 1 saturated carbocycles. The van der Waals surface area contributed by atoms with E-state index in [0.29, 0.717) is 6.04 Å². The molecule has 2 nitrogen and oxygen atoms in total. The third-order valence-corrected chi connectivity index (χ3v) is 5.87. The zero-order valence-electron chi connectivity index (χ0n) is 14.3. The summed E-state index contributed by atoms with van der Waals surface area (Å²) in [6.45, 7) is 1.94. The molecule has 2 heteroatoms. The highest BCUT2D eigenvalue weighted by atomic mass is 16.3. The monoisotopic (exact) mass is 321 g/mol. The zero-order valence-corrected chi connectivity index (χ0v) is 14.3. The molecule has 1 saturated heterocycles. The standard InChI is InChI=1S/C22H27NO/c24-22(15-6-16-23(17-22)21-9-4-5-10-21)20-13-11-19(12-14-20)18-7-2-1-3-8-18/h1-3,7-8,11-14,21,24H,4-6,9-10,15-17H2. The molecule has 1 atom stereocenters. The molecule has 0 spiro atoms. The second-order valence-corrected chi connectivity index (χ2v) is 7.49. The molecule has 24 heavy (non-hydrogen) atoms. The third kappa shape index (κ3) is 3.13. The van der Waals surface area contributed by atoms with Crippen LogP contribution in [0.25, 0.3) is 11.1 Å². The summed E-state index contributed by atoms with van der Waals surface area (Å²) in [6.07, 6.45) is 7.29. The molecule has 4 rings (SSSR count). The number of likely N-dealkylation sites (tertiary alicyclic amines) is 1. The molecule has 1 unspecified atom stereocenters. The van der Waals surface area contributed by atoms with Gasteiger partial charge in [0.2, 0.25) is 0 Å². The maximum absolute atomic E-state index is 11.3. The van der Waals surface area contributed by atoms with Gasteiger partial charge >= 0.3 is 0 Å². The third-order valence-electron chi connectivity index (χ3n) is 5.87. The first-order chi connectivity index (χ1) is 11.7. The Morgan fingerprint density at radius 1 is 0.833 bits per heavy atom. The highest BCUT2D eigenvalue weighted by molar-refractivity contribution is 5.63. The molecule has 2 aromatic carbocycles. The Bertz CT molecular complexity index is 660. The lowest BCUT2D eigenvalue weighted by Gasteiger charge is -2.42. The number of hydrogen-bond acceptors (Lipinski definition) is 2. The summed E-state index contributed by atoms with van der Waals surface area (Å²) in [5, 5.41) is 11.3. The van der Waals surface area contributed by atoms with E-state index in [0.717, 1.165) is 31.5 Å². The topological polar surface area (TPSA) is 23.5 Å². The van der Waals surface area contributed by atoms with Crippen LogP contribution in [0.4, 0.5) is 0 Å². The van der Waals surface area contributed by atoms with Gasteiger partial charge in [0.05, 0.1) is 0 Å². The van der Waals surface area contributed by atoms with Crippen molar-refractivity contribution in [2.45, 2.75) is 50.2 Å². The minimum Gasteiger partial charge on any atom is -0.384 e. The van der Waals surface area contributed by atoms with E-state index < -0.39 is 5.60 Å². The average molecular weight is 321 g/mol. The van der Waals surface area contributed by atoms with Gasteiger partial charge in [-0.3, -0.25) is 4.90 Å². The smallest absolute Gasteiger partial charge is 0.102 e. The van der Waals surface area contributed by atoms with Crippen molar-refractivity contribution in [2.24, 2.45) is 0 Å². The molecular weight excluding hydrogens is 294 g/mol. The maximum atomic E-state index is 11.3. The van der Waals surface area contributed by atoms with Gasteiger partial charge in [0.1, 0.15) is 5.60 Å². The predicted octanol–water partition coefficient (Wildman–Crippen LogP) is 4.58. The average Bonchev–Trinajstić information content (AvgIpc) is 3.17. The van der Waals surface area contributed by atoms with Crippen molar-refractivity contribution in [1.82, 2.24) is 4.90 Å². The quantitative estimate of drug-likeness (QED) is 0.894. The van der Waals surface area contributed by atoms with Crippen molar-refractivity contribution in [3.8, 4) is 11.1 Å². The molecule has 2 aromatic rings. The fourth-order valence-electron chi connectivity index (χ4n) is 4.49. The van der Waals surface area contributed by atoms with Gasteiger partial charge in [0.25, 0.3) is 0 Å². The van der Waals surface area contributed by atoms with E-state index in [2.05, 4.69) is 53.4 Å². The van der Waals surface area contributed by atoms with Crippen LogP contribution < -0.4 is 0 Å². The summed E-state index contributed by atoms with van der Waals surface area (Å²) in [5.41, 5.74) is 2.83. The van der Waals surface area contributed by atoms with E-state index in [1.807, 2.05) is 6.07 Å². The van der Waals surface area contributed by atoms with Crippen molar-refractivity contribution in [3.05, 3.63) is 60.2 Å². The van der Waals surface area contributed by atoms with Crippen LogP contribution in [-0.4, -0.2) is 29.1 Å². The van der Waals surface area contributed by atoms with E-state index in [1.54, 1.807) is 0 Å². The predicted molar refractivity (Wildman–Crippen MR) is 98.8 cm³/mol. The minimum absolute atomic E-state index is 0.684. The number of rotatable bonds is 3. The van der Waals surface area contributed by atoms with E-state index in [9.17, 15) is 5.11 Å². The Hall–Kier alpha value is -1.64. The summed E-state index contributed by atoms with van der Waals surface area (Å²) in [4.78, 5) is 2.54. The molecule has 2 fully saturated rings. The minimum atomic E-state index is -0.684. The van der Waals surface area contributed by atoms with Crippen LogP contribution in [0.3, 0.4) is 0 Å². The van der Waals surface area contributed by atoms with Crippen LogP contribution in [0.5, 0.6) is 0 Å². The number of β-amino-alcohol motifs (C(OH)–C–C–N with tert-alkyl or cyclic N) is 1. The Labute approximate surface area is 145 Å². The number of aliphatic hydroxyl groups is 1. The van der Waals surface area contributed by atoms with Crippen LogP contribution in [0.2, 0.25) is 0 Å². The maximum Gasteiger partial charge on any atom is 0.102 e. The van der Waals surface area contributed by atoms with E-state index in [-0.39, 0.29) is 0 Å². The molecule has 126 valence electrons. The Morgan fingerprint density at radius 3 is 2.21 bits per heavy atom. The first-order valence-electron chi connectivity index (χ1n) is 9.37. The van der Waals surface area contributed by atoms with Crippen molar-refractivity contribution in [1.29, 1.82) is 0 Å². The Kier molecular flexibility index (Phi) is 4.43. The summed E-state index contributed by atoms with van der Waals surface area (Å²) in [7, 11) is 0. The van der Waals surface area contributed by atoms with Crippen molar-refractivity contribution < 1.29 is 5.11 Å². The van der Waals surface area contributed by atoms with E-state index >= 15 is 0 Å². The van der Waals surface area contributed by atoms with Gasteiger partial charge in [-0.2, -0.15) is 0 Å². The molecular formula is C22H27NO. The van der Waals surface area contributed by atoms with Crippen molar-refractivity contribution >= 4 is 0 Å². The Morgan fingerprint density at radius 2 is 1.50 bits per heavy atom. The van der Waals surface area contributed by atoms with Gasteiger partial charge in [-0.05, 0) is 48.9 Å². The first kappa shape index (κ1) is 15.9. The van der Waals surface area contributed by atoms with Gasteiger partial charge < -0.3 is 5.11 Å². The lowest BCUT2D eigenvalue weighted by Crippen LogP contribution is -2.49. The lowest BCUT2D eigenvalue weighted by molar-refractivity contribution is -0.0478. The fraction of sp³-hybridized carbons (Fsp3) is 0.455. The largest absolute Gasteiger partial charge is 0.384 e. The molecule has 1 aliphatic heterocycles. The van der Waals surface area contributed by atoms with Crippen LogP contribution in [0.15, 0.2) is 54.6 Å². The molecule has 1 heterocycles. The van der Waals surface area contributed by atoms with Crippen LogP contribution in [-0.2, 0) is 5.60 Å². The molecule has 2 aliphatic rings. The van der Waals surface area contributed by atoms with Gasteiger partial charge in [0, 0.05) is 12.6 Å². The molecule has 0 aromatic heterocycles. The second kappa shape index (κ2) is 6.70. The first-order valence-corrected chi connectivity index (χ1v) is 9.37. The van der Waals surface area contributed by atoms with Crippen LogP contribution >= 0.6 is 0 Å². The molecule has 1 N–H and O–H groups in total. The summed E-state index contributed by atoms with van der Waals surface area (Å²) in [5.74, 6) is 0. The summed E-state index contributed by atoms with van der Waals surface area (Å²) < 4.78 is 0. The van der Waals surface area contributed by atoms with Crippen LogP contribution in [0, 0.1) is 0 Å². The molecule has 0 bridgehead atoms. The van der Waals surface area contributed by atoms with Gasteiger partial charge in [0.15, 0.2) is 0 Å². The van der Waals surface area contributed by atoms with Gasteiger partial charge in [-0.25, -0.2) is 0 Å². The van der Waals surface area contributed by atoms with Crippen molar-refractivity contribution in [3.63, 3.8) is 0 Å². The SMILES string of the molecule is OC1(c2ccc(-c3ccccc3)cc2)CCCN(C2CCCC2)C1. The normalized spacial score (nSPS) is 25.9. The van der Waals surface area contributed by atoms with Gasteiger partial charge in [-0.15, -0.1) is 0 Å². The number of piperidine rings is 1. The number of nitrogens with zero attached hydrogens (tertiary/aromatic N) is 1. The second-order valence-electron chi connectivity index (χ2n) is 7.49. The summed E-state index contributed by atoms with van der Waals surface area (Å²) >= 11 is 0.